The summed E-state index contributed by atoms with van der Waals surface area (Å²) < 4.78 is 5.56. The Morgan fingerprint density at radius 1 is 1.05 bits per heavy atom. The molecule has 2 rings (SSSR count). The quantitative estimate of drug-likeness (QED) is 0.333. The summed E-state index contributed by atoms with van der Waals surface area (Å²) in [6.07, 6.45) is 5.30. The fraction of sp³-hybridized carbons (Fsp3) is 0.621. The van der Waals surface area contributed by atoms with Gasteiger partial charge in [-0.1, -0.05) is 70.2 Å². The van der Waals surface area contributed by atoms with Crippen LogP contribution < -0.4 is 10.9 Å². The number of carbonyl (C=O) groups is 3. The van der Waals surface area contributed by atoms with Crippen molar-refractivity contribution in [1.82, 2.24) is 15.9 Å². The number of carbonyl (C=O) groups excluding carboxylic acids is 3. The molecule has 9 nitrogen and oxygen atoms in total. The second-order valence-electron chi connectivity index (χ2n) is 10.8. The van der Waals surface area contributed by atoms with Crippen LogP contribution in [0.25, 0.3) is 6.08 Å². The number of benzene rings is 1. The van der Waals surface area contributed by atoms with Gasteiger partial charge in [-0.05, 0) is 50.0 Å². The minimum Gasteiger partial charge on any atom is -0.383 e. The fourth-order valence-corrected chi connectivity index (χ4v) is 4.33. The predicted octanol–water partition coefficient (Wildman–Crippen LogP) is 3.84. The third kappa shape index (κ3) is 10.9. The minimum atomic E-state index is -1.27. The first-order valence-electron chi connectivity index (χ1n) is 13.7. The molecule has 1 heterocycles. The monoisotopic (exact) mass is 531 g/mol. The van der Waals surface area contributed by atoms with Crippen LogP contribution in [0.2, 0.25) is 0 Å². The standard InChI is InChI=1S/C29H45N3O6/c1-20(2)18-25(27(34)30-32(19-21(3)4)29(36)22(5)33)24(15-11-14-23-12-7-6-8-13-23)28(35)31-38-26-16-9-10-17-37-26/h6-8,11-14,20-22,24-26,33H,9-10,15-19H2,1-5H3,(H,30,34)(H,31,35)/b14-11+/t22?,24-,25+,26?/m0/s1. The smallest absolute Gasteiger partial charge is 0.269 e. The second-order valence-corrected chi connectivity index (χ2v) is 10.8. The summed E-state index contributed by atoms with van der Waals surface area (Å²) in [6, 6.07) is 9.70. The number of nitrogens with zero attached hydrogens (tertiary/aromatic N) is 1. The molecule has 1 aliphatic heterocycles. The lowest BCUT2D eigenvalue weighted by molar-refractivity contribution is -0.203. The van der Waals surface area contributed by atoms with Gasteiger partial charge in [0.05, 0.1) is 11.8 Å². The van der Waals surface area contributed by atoms with Gasteiger partial charge in [0, 0.05) is 19.6 Å². The molecule has 1 aromatic carbocycles. The largest absolute Gasteiger partial charge is 0.383 e. The van der Waals surface area contributed by atoms with Gasteiger partial charge in [0.2, 0.25) is 11.8 Å². The van der Waals surface area contributed by atoms with Gasteiger partial charge in [0.15, 0.2) is 6.29 Å². The van der Waals surface area contributed by atoms with Crippen molar-refractivity contribution in [2.45, 2.75) is 79.1 Å². The number of aliphatic hydroxyl groups is 1. The van der Waals surface area contributed by atoms with Crippen LogP contribution in [0, 0.1) is 23.7 Å². The Kier molecular flexibility index (Phi) is 13.5. The number of ether oxygens (including phenoxy) is 1. The average molecular weight is 532 g/mol. The highest BCUT2D eigenvalue weighted by Gasteiger charge is 2.36. The number of hydrogen-bond acceptors (Lipinski definition) is 6. The number of hydrazine groups is 1. The second kappa shape index (κ2) is 16.3. The summed E-state index contributed by atoms with van der Waals surface area (Å²) in [7, 11) is 0. The maximum atomic E-state index is 13.6. The Hall–Kier alpha value is -2.75. The third-order valence-corrected chi connectivity index (χ3v) is 6.23. The highest BCUT2D eigenvalue weighted by molar-refractivity contribution is 5.89. The third-order valence-electron chi connectivity index (χ3n) is 6.23. The van der Waals surface area contributed by atoms with Crippen LogP contribution in [0.1, 0.15) is 72.3 Å². The molecule has 3 N–H and O–H groups in total. The van der Waals surface area contributed by atoms with E-state index in [1.807, 2.05) is 70.2 Å². The molecule has 1 saturated heterocycles. The Morgan fingerprint density at radius 3 is 2.34 bits per heavy atom. The Morgan fingerprint density at radius 2 is 1.76 bits per heavy atom. The van der Waals surface area contributed by atoms with Gasteiger partial charge < -0.3 is 9.84 Å². The first kappa shape index (κ1) is 31.5. The van der Waals surface area contributed by atoms with E-state index >= 15 is 0 Å². The van der Waals surface area contributed by atoms with Gasteiger partial charge >= 0.3 is 0 Å². The van der Waals surface area contributed by atoms with E-state index in [1.165, 1.54) is 6.92 Å². The maximum Gasteiger partial charge on any atom is 0.269 e. The summed E-state index contributed by atoms with van der Waals surface area (Å²) in [5.74, 6) is -2.82. The van der Waals surface area contributed by atoms with Crippen LogP contribution >= 0.6 is 0 Å². The molecule has 0 spiro atoms. The van der Waals surface area contributed by atoms with Crippen LogP contribution in [-0.4, -0.2) is 53.4 Å². The van der Waals surface area contributed by atoms with Crippen molar-refractivity contribution in [3.8, 4) is 0 Å². The average Bonchev–Trinajstić information content (AvgIpc) is 2.88. The lowest BCUT2D eigenvalue weighted by atomic mass is 9.82. The molecule has 1 aromatic rings. The predicted molar refractivity (Wildman–Crippen MR) is 146 cm³/mol. The molecule has 38 heavy (non-hydrogen) atoms. The number of rotatable bonds is 13. The topological polar surface area (TPSA) is 117 Å². The van der Waals surface area contributed by atoms with Crippen molar-refractivity contribution in [2.24, 2.45) is 23.7 Å². The van der Waals surface area contributed by atoms with Crippen molar-refractivity contribution < 1.29 is 29.1 Å². The molecule has 0 bridgehead atoms. The molecule has 2 unspecified atom stereocenters. The summed E-state index contributed by atoms with van der Waals surface area (Å²) >= 11 is 0. The molecule has 0 aromatic heterocycles. The Labute approximate surface area is 226 Å². The molecular weight excluding hydrogens is 486 g/mol. The van der Waals surface area contributed by atoms with Gasteiger partial charge in [-0.25, -0.2) is 10.3 Å². The minimum absolute atomic E-state index is 0.0540. The fourth-order valence-electron chi connectivity index (χ4n) is 4.33. The number of hydrogen-bond donors (Lipinski definition) is 3. The summed E-state index contributed by atoms with van der Waals surface area (Å²) in [6.45, 7) is 9.96. The number of allylic oxidation sites excluding steroid dienone is 1. The van der Waals surface area contributed by atoms with Crippen molar-refractivity contribution in [1.29, 1.82) is 0 Å². The van der Waals surface area contributed by atoms with E-state index in [9.17, 15) is 19.5 Å². The van der Waals surface area contributed by atoms with E-state index in [-0.39, 0.29) is 24.8 Å². The maximum absolute atomic E-state index is 13.6. The van der Waals surface area contributed by atoms with Crippen molar-refractivity contribution in [2.75, 3.05) is 13.2 Å². The number of nitrogens with one attached hydrogen (secondary N) is 2. The first-order chi connectivity index (χ1) is 18.1. The molecular formula is C29H45N3O6. The van der Waals surface area contributed by atoms with Crippen LogP contribution in [-0.2, 0) is 24.0 Å². The van der Waals surface area contributed by atoms with Gasteiger partial charge in [-0.3, -0.25) is 24.8 Å². The zero-order valence-electron chi connectivity index (χ0n) is 23.4. The Bertz CT molecular complexity index is 897. The van der Waals surface area contributed by atoms with Gasteiger partial charge in [-0.15, -0.1) is 0 Å². The summed E-state index contributed by atoms with van der Waals surface area (Å²) in [4.78, 5) is 45.2. The van der Waals surface area contributed by atoms with Gasteiger partial charge in [0.25, 0.3) is 5.91 Å². The number of amides is 3. The van der Waals surface area contributed by atoms with Crippen molar-refractivity contribution in [3.63, 3.8) is 0 Å². The van der Waals surface area contributed by atoms with Crippen molar-refractivity contribution in [3.05, 3.63) is 42.0 Å². The summed E-state index contributed by atoms with van der Waals surface area (Å²) in [5, 5.41) is 11.0. The molecule has 1 fully saturated rings. The lowest BCUT2D eigenvalue weighted by Gasteiger charge is -2.31. The van der Waals surface area contributed by atoms with E-state index < -0.39 is 42.0 Å². The van der Waals surface area contributed by atoms with Crippen LogP contribution in [0.15, 0.2) is 36.4 Å². The highest BCUT2D eigenvalue weighted by Crippen LogP contribution is 2.26. The molecule has 0 saturated carbocycles. The molecule has 9 heteroatoms. The van der Waals surface area contributed by atoms with E-state index in [1.54, 1.807) is 0 Å². The number of aliphatic hydroxyl groups excluding tert-OH is 1. The summed E-state index contributed by atoms with van der Waals surface area (Å²) in [5.41, 5.74) is 6.22. The normalized spacial score (nSPS) is 18.3. The van der Waals surface area contributed by atoms with E-state index in [0.717, 1.165) is 23.4 Å². The molecule has 0 radical (unpaired) electrons. The number of hydroxylamine groups is 1. The first-order valence-corrected chi connectivity index (χ1v) is 13.7. The lowest BCUT2D eigenvalue weighted by Crippen LogP contribution is -2.54. The van der Waals surface area contributed by atoms with E-state index in [0.29, 0.717) is 19.4 Å². The van der Waals surface area contributed by atoms with E-state index in [2.05, 4.69) is 10.9 Å². The Balaban J connectivity index is 2.28. The van der Waals surface area contributed by atoms with E-state index in [4.69, 9.17) is 9.57 Å². The van der Waals surface area contributed by atoms with Gasteiger partial charge in [0.1, 0.15) is 6.10 Å². The molecule has 4 atom stereocenters. The van der Waals surface area contributed by atoms with Crippen LogP contribution in [0.3, 0.4) is 0 Å². The van der Waals surface area contributed by atoms with Crippen molar-refractivity contribution >= 4 is 23.8 Å². The molecule has 1 aliphatic rings. The highest BCUT2D eigenvalue weighted by atomic mass is 16.8. The van der Waals surface area contributed by atoms with Crippen LogP contribution in [0.4, 0.5) is 0 Å². The van der Waals surface area contributed by atoms with Crippen LogP contribution in [0.5, 0.6) is 0 Å². The molecule has 212 valence electrons. The van der Waals surface area contributed by atoms with Gasteiger partial charge in [-0.2, -0.15) is 0 Å². The SMILES string of the molecule is CC(C)C[C@@H](C(=O)NN(CC(C)C)C(=O)C(C)O)[C@H](C/C=C/c1ccccc1)C(=O)NOC1CCCCO1. The zero-order valence-corrected chi connectivity index (χ0v) is 23.4. The molecule has 0 aliphatic carbocycles. The zero-order chi connectivity index (χ0) is 28.1. The molecule has 3 amide bonds.